The third-order valence-corrected chi connectivity index (χ3v) is 9.24. The summed E-state index contributed by atoms with van der Waals surface area (Å²) in [4.78, 5) is 42.1. The molecule has 3 fully saturated rings. The maximum Gasteiger partial charge on any atom is 0.472 e. The SMILES string of the molecule is Cc1nc(F)ccc1[C@@H](c1cn(C23CC(C2)C3)nn1)N(C(=O)OCOP(=O)(O)O)c1cc(C#N)c2ncc(C#N)c(NCC(C)(C)C)c2c1. The molecule has 15 nitrogen and oxygen atoms in total. The zero-order chi connectivity index (χ0) is 35.3. The number of nitriles is 2. The van der Waals surface area contributed by atoms with Crippen LogP contribution in [0.25, 0.3) is 10.9 Å². The van der Waals surface area contributed by atoms with Crippen molar-refractivity contribution in [2.24, 2.45) is 11.3 Å². The van der Waals surface area contributed by atoms with Crippen molar-refractivity contribution in [3.05, 3.63) is 70.7 Å². The molecule has 0 radical (unpaired) electrons. The van der Waals surface area contributed by atoms with Crippen LogP contribution in [0.15, 0.2) is 36.7 Å². The number of pyridine rings is 2. The lowest BCUT2D eigenvalue weighted by molar-refractivity contribution is -0.0989. The third kappa shape index (κ3) is 6.69. The van der Waals surface area contributed by atoms with Gasteiger partial charge in [0.05, 0.1) is 39.8 Å². The van der Waals surface area contributed by atoms with Gasteiger partial charge in [0.25, 0.3) is 0 Å². The Balaban J connectivity index is 1.57. The summed E-state index contributed by atoms with van der Waals surface area (Å²) in [6.45, 7) is 6.87. The fourth-order valence-electron chi connectivity index (χ4n) is 6.32. The summed E-state index contributed by atoms with van der Waals surface area (Å²) >= 11 is 0. The van der Waals surface area contributed by atoms with E-state index in [1.54, 1.807) is 23.9 Å². The number of carbonyl (C=O) groups is 1. The van der Waals surface area contributed by atoms with Gasteiger partial charge >= 0.3 is 13.9 Å². The molecule has 4 aromatic rings. The highest BCUT2D eigenvalue weighted by Crippen LogP contribution is 2.62. The molecule has 3 aliphatic carbocycles. The molecular formula is C32H33FN9O6P. The minimum atomic E-state index is -5.03. The summed E-state index contributed by atoms with van der Waals surface area (Å²) in [5.41, 5.74) is 1.33. The van der Waals surface area contributed by atoms with Crippen molar-refractivity contribution in [1.82, 2.24) is 25.0 Å². The van der Waals surface area contributed by atoms with Crippen LogP contribution < -0.4 is 10.2 Å². The van der Waals surface area contributed by atoms with Gasteiger partial charge in [0, 0.05) is 29.4 Å². The highest BCUT2D eigenvalue weighted by molar-refractivity contribution is 7.46. The van der Waals surface area contributed by atoms with Gasteiger partial charge in [-0.05, 0) is 55.7 Å². The standard InChI is InChI=1S/C32H33FN9O6P/c1-18-23(5-6-26(33)38-18)29(25-15-41(40-39-25)32-9-19(10-32)11-32)42(30(43)47-17-48-49(44,45)46)22-7-20(12-34)27-24(8-22)28(21(13-35)14-36-27)37-16-31(2,3)4/h5-8,14-15,19,29H,9-11,16-17H2,1-4H3,(H,36,37)(H2,44,45,46)/t19?,29-,32?/m0/s1. The Morgan fingerprint density at radius 2 is 1.94 bits per heavy atom. The van der Waals surface area contributed by atoms with Gasteiger partial charge in [0.15, 0.2) is 0 Å². The van der Waals surface area contributed by atoms with Crippen molar-refractivity contribution in [1.29, 1.82) is 10.5 Å². The van der Waals surface area contributed by atoms with Crippen LogP contribution >= 0.6 is 7.82 Å². The highest BCUT2D eigenvalue weighted by Gasteiger charge is 2.59. The summed E-state index contributed by atoms with van der Waals surface area (Å²) < 4.78 is 37.2. The van der Waals surface area contributed by atoms with Gasteiger partial charge in [-0.3, -0.25) is 9.88 Å². The second kappa shape index (κ2) is 12.5. The van der Waals surface area contributed by atoms with E-state index in [1.165, 1.54) is 18.3 Å². The second-order valence-electron chi connectivity index (χ2n) is 13.6. The van der Waals surface area contributed by atoms with Crippen molar-refractivity contribution >= 4 is 36.2 Å². The average Bonchev–Trinajstić information content (AvgIpc) is 3.44. The van der Waals surface area contributed by atoms with Crippen LogP contribution in [0.2, 0.25) is 0 Å². The maximum absolute atomic E-state index is 14.3. The topological polar surface area (TPSA) is 212 Å². The number of hydrogen-bond acceptors (Lipinski definition) is 11. The number of nitrogens with zero attached hydrogens (tertiary/aromatic N) is 8. The Labute approximate surface area is 280 Å². The van der Waals surface area contributed by atoms with Gasteiger partial charge in [-0.2, -0.15) is 14.9 Å². The molecule has 3 aromatic heterocycles. The Morgan fingerprint density at radius 3 is 2.53 bits per heavy atom. The number of halogens is 1. The number of aryl methyl sites for hydroxylation is 1. The number of ether oxygens (including phenoxy) is 1. The van der Waals surface area contributed by atoms with Crippen LogP contribution in [0.4, 0.5) is 20.6 Å². The molecule has 2 bridgehead atoms. The average molecular weight is 690 g/mol. The smallest absolute Gasteiger partial charge is 0.421 e. The molecule has 0 unspecified atom stereocenters. The number of anilines is 2. The molecule has 254 valence electrons. The molecule has 3 aliphatic rings. The molecule has 0 saturated heterocycles. The van der Waals surface area contributed by atoms with Gasteiger partial charge in [-0.15, -0.1) is 5.10 Å². The number of amides is 1. The van der Waals surface area contributed by atoms with E-state index in [0.29, 0.717) is 29.1 Å². The van der Waals surface area contributed by atoms with Crippen molar-refractivity contribution in [2.45, 2.75) is 58.5 Å². The Hall–Kier alpha value is -4.99. The quantitative estimate of drug-likeness (QED) is 0.111. The summed E-state index contributed by atoms with van der Waals surface area (Å²) in [7, 11) is -5.03. The number of benzene rings is 1. The first-order valence-corrected chi connectivity index (χ1v) is 16.9. The fraction of sp³-hybridized carbons (Fsp3) is 0.406. The number of aromatic nitrogens is 5. The van der Waals surface area contributed by atoms with Crippen molar-refractivity contribution in [3.63, 3.8) is 0 Å². The highest BCUT2D eigenvalue weighted by atomic mass is 31.2. The van der Waals surface area contributed by atoms with Gasteiger partial charge < -0.3 is 19.8 Å². The van der Waals surface area contributed by atoms with Crippen LogP contribution in [0.1, 0.15) is 74.2 Å². The van der Waals surface area contributed by atoms with Crippen LogP contribution in [0.5, 0.6) is 0 Å². The van der Waals surface area contributed by atoms with Gasteiger partial charge in [0.2, 0.25) is 12.7 Å². The molecule has 0 spiro atoms. The molecule has 3 heterocycles. The summed E-state index contributed by atoms with van der Waals surface area (Å²) in [6.07, 6.45) is 4.73. The number of fused-ring (bicyclic) bond motifs is 1. The van der Waals surface area contributed by atoms with E-state index < -0.39 is 32.7 Å². The molecule has 3 saturated carbocycles. The molecule has 7 rings (SSSR count). The second-order valence-corrected chi connectivity index (χ2v) is 14.8. The fourth-order valence-corrected chi connectivity index (χ4v) is 6.51. The Kier molecular flexibility index (Phi) is 8.63. The monoisotopic (exact) mass is 689 g/mol. The van der Waals surface area contributed by atoms with Crippen LogP contribution in [0, 0.1) is 46.9 Å². The number of phosphoric ester groups is 1. The normalized spacial score (nSPS) is 18.8. The van der Waals surface area contributed by atoms with Crippen LogP contribution in [0.3, 0.4) is 0 Å². The first-order chi connectivity index (χ1) is 23.1. The summed E-state index contributed by atoms with van der Waals surface area (Å²) in [5, 5.41) is 32.7. The predicted octanol–water partition coefficient (Wildman–Crippen LogP) is 5.18. The lowest BCUT2D eigenvalue weighted by atomic mass is 9.50. The lowest BCUT2D eigenvalue weighted by Crippen LogP contribution is -2.59. The molecule has 1 atom stereocenters. The molecule has 1 amide bonds. The molecular weight excluding hydrogens is 656 g/mol. The van der Waals surface area contributed by atoms with Crippen molar-refractivity contribution in [2.75, 3.05) is 23.6 Å². The molecule has 17 heteroatoms. The van der Waals surface area contributed by atoms with Crippen LogP contribution in [-0.4, -0.2) is 54.2 Å². The summed E-state index contributed by atoms with van der Waals surface area (Å²) in [5.74, 6) is -0.133. The number of phosphoric acid groups is 1. The number of nitrogens with one attached hydrogen (secondary N) is 1. The van der Waals surface area contributed by atoms with Crippen molar-refractivity contribution in [3.8, 4) is 12.1 Å². The van der Waals surface area contributed by atoms with E-state index in [9.17, 15) is 34.1 Å². The van der Waals surface area contributed by atoms with E-state index >= 15 is 0 Å². The Bertz CT molecular complexity index is 2080. The van der Waals surface area contributed by atoms with Crippen LogP contribution in [-0.2, 0) is 19.4 Å². The summed E-state index contributed by atoms with van der Waals surface area (Å²) in [6, 6.07) is 8.54. The lowest BCUT2D eigenvalue weighted by Gasteiger charge is -2.61. The zero-order valence-electron chi connectivity index (χ0n) is 27.1. The maximum atomic E-state index is 14.3. The first-order valence-electron chi connectivity index (χ1n) is 15.3. The number of carbonyl (C=O) groups excluding carboxylic acids is 1. The van der Waals surface area contributed by atoms with E-state index in [0.717, 1.165) is 30.2 Å². The van der Waals surface area contributed by atoms with Gasteiger partial charge in [-0.25, -0.2) is 23.5 Å². The zero-order valence-corrected chi connectivity index (χ0v) is 28.0. The predicted molar refractivity (Wildman–Crippen MR) is 172 cm³/mol. The van der Waals surface area contributed by atoms with E-state index in [4.69, 9.17) is 4.74 Å². The van der Waals surface area contributed by atoms with E-state index in [1.807, 2.05) is 20.8 Å². The number of hydrogen-bond donors (Lipinski definition) is 3. The van der Waals surface area contributed by atoms with Gasteiger partial charge in [0.1, 0.15) is 23.9 Å². The van der Waals surface area contributed by atoms with E-state index in [2.05, 4.69) is 42.3 Å². The van der Waals surface area contributed by atoms with Gasteiger partial charge in [-0.1, -0.05) is 32.1 Å². The molecule has 0 aliphatic heterocycles. The largest absolute Gasteiger partial charge is 0.472 e. The molecule has 1 aromatic carbocycles. The first kappa shape index (κ1) is 33.9. The molecule has 3 N–H and O–H groups in total. The third-order valence-electron chi connectivity index (χ3n) is 8.80. The van der Waals surface area contributed by atoms with Crippen molar-refractivity contribution < 1.29 is 32.8 Å². The Morgan fingerprint density at radius 1 is 1.22 bits per heavy atom. The minimum absolute atomic E-state index is 0.0466. The molecule has 49 heavy (non-hydrogen) atoms. The minimum Gasteiger partial charge on any atom is -0.421 e. The number of rotatable bonds is 10. The van der Waals surface area contributed by atoms with E-state index in [-0.39, 0.29) is 44.7 Å².